The molecule has 0 aliphatic heterocycles. The molecule has 0 saturated heterocycles. The van der Waals surface area contributed by atoms with Gasteiger partial charge in [-0.3, -0.25) is 0 Å². The molecule has 16 heavy (non-hydrogen) atoms. The monoisotopic (exact) mass is 233 g/mol. The van der Waals surface area contributed by atoms with Gasteiger partial charge < -0.3 is 11.1 Å². The molecule has 0 spiro atoms. The van der Waals surface area contributed by atoms with E-state index in [2.05, 4.69) is 10.3 Å². The lowest BCUT2D eigenvalue weighted by Crippen LogP contribution is -2.01. The van der Waals surface area contributed by atoms with Crippen molar-refractivity contribution in [1.82, 2.24) is 4.98 Å². The number of hydrogen-bond acceptors (Lipinski definition) is 3. The highest BCUT2D eigenvalue weighted by atomic mass is 35.5. The van der Waals surface area contributed by atoms with Crippen LogP contribution in [0.3, 0.4) is 0 Å². The summed E-state index contributed by atoms with van der Waals surface area (Å²) in [4.78, 5) is 4.16. The lowest BCUT2D eigenvalue weighted by Gasteiger charge is -2.06. The van der Waals surface area contributed by atoms with Crippen molar-refractivity contribution in [1.29, 1.82) is 0 Å². The van der Waals surface area contributed by atoms with Gasteiger partial charge in [-0.2, -0.15) is 0 Å². The van der Waals surface area contributed by atoms with Gasteiger partial charge in [0.2, 0.25) is 0 Å². The van der Waals surface area contributed by atoms with Gasteiger partial charge in [-0.15, -0.1) is 0 Å². The van der Waals surface area contributed by atoms with E-state index in [-0.39, 0.29) is 0 Å². The molecular formula is C12H12ClN3. The standard InChI is InChI=1S/C12H12ClN3/c13-10-3-1-9(2-4-10)8-16-12-7-11(14)5-6-15-12/h1-7H,8H2,(H3,14,15,16). The Morgan fingerprint density at radius 2 is 1.94 bits per heavy atom. The second-order valence-corrected chi connectivity index (χ2v) is 3.89. The number of pyridine rings is 1. The zero-order valence-corrected chi connectivity index (χ0v) is 9.41. The van der Waals surface area contributed by atoms with Crippen molar-refractivity contribution in [3.8, 4) is 0 Å². The third-order valence-corrected chi connectivity index (χ3v) is 2.42. The van der Waals surface area contributed by atoms with Crippen LogP contribution >= 0.6 is 11.6 Å². The number of nitrogen functional groups attached to an aromatic ring is 1. The van der Waals surface area contributed by atoms with Crippen LogP contribution in [-0.2, 0) is 6.54 Å². The first kappa shape index (κ1) is 10.8. The number of hydrogen-bond donors (Lipinski definition) is 2. The lowest BCUT2D eigenvalue weighted by atomic mass is 10.2. The highest BCUT2D eigenvalue weighted by molar-refractivity contribution is 6.30. The summed E-state index contributed by atoms with van der Waals surface area (Å²) in [6, 6.07) is 11.2. The van der Waals surface area contributed by atoms with Crippen molar-refractivity contribution in [2.45, 2.75) is 6.54 Å². The fraction of sp³-hybridized carbons (Fsp3) is 0.0833. The van der Waals surface area contributed by atoms with Gasteiger partial charge in [-0.05, 0) is 23.8 Å². The number of aromatic nitrogens is 1. The van der Waals surface area contributed by atoms with Crippen LogP contribution in [-0.4, -0.2) is 4.98 Å². The fourth-order valence-corrected chi connectivity index (χ4v) is 1.46. The second kappa shape index (κ2) is 4.86. The van der Waals surface area contributed by atoms with Crippen molar-refractivity contribution in [2.75, 3.05) is 11.1 Å². The third kappa shape index (κ3) is 2.87. The van der Waals surface area contributed by atoms with E-state index in [0.717, 1.165) is 16.4 Å². The molecule has 0 aliphatic carbocycles. The predicted octanol–water partition coefficient (Wildman–Crippen LogP) is 2.93. The van der Waals surface area contributed by atoms with E-state index in [1.165, 1.54) is 0 Å². The minimum atomic E-state index is 0.702. The van der Waals surface area contributed by atoms with Crippen LogP contribution in [0.1, 0.15) is 5.56 Å². The summed E-state index contributed by atoms with van der Waals surface area (Å²) >= 11 is 5.80. The maximum atomic E-state index is 5.80. The van der Waals surface area contributed by atoms with E-state index >= 15 is 0 Å². The maximum absolute atomic E-state index is 5.80. The molecule has 0 radical (unpaired) electrons. The van der Waals surface area contributed by atoms with Crippen molar-refractivity contribution in [3.05, 3.63) is 53.2 Å². The van der Waals surface area contributed by atoms with Gasteiger partial charge in [0.1, 0.15) is 5.82 Å². The van der Waals surface area contributed by atoms with Crippen LogP contribution in [0.2, 0.25) is 5.02 Å². The Kier molecular flexibility index (Phi) is 3.27. The number of benzene rings is 1. The highest BCUT2D eigenvalue weighted by Gasteiger charge is 1.95. The molecule has 1 aromatic carbocycles. The molecule has 0 saturated carbocycles. The third-order valence-electron chi connectivity index (χ3n) is 2.17. The predicted molar refractivity (Wildman–Crippen MR) is 67.4 cm³/mol. The van der Waals surface area contributed by atoms with Crippen LogP contribution in [0, 0.1) is 0 Å². The summed E-state index contributed by atoms with van der Waals surface area (Å²) in [5.41, 5.74) is 7.50. The Morgan fingerprint density at radius 1 is 1.19 bits per heavy atom. The van der Waals surface area contributed by atoms with Gasteiger partial charge in [0.25, 0.3) is 0 Å². The van der Waals surface area contributed by atoms with Crippen LogP contribution in [0.4, 0.5) is 11.5 Å². The molecule has 0 amide bonds. The molecule has 0 unspecified atom stereocenters. The summed E-state index contributed by atoms with van der Waals surface area (Å²) < 4.78 is 0. The van der Waals surface area contributed by atoms with Crippen molar-refractivity contribution in [2.24, 2.45) is 0 Å². The first-order chi connectivity index (χ1) is 7.74. The van der Waals surface area contributed by atoms with E-state index in [1.807, 2.05) is 24.3 Å². The molecule has 0 atom stereocenters. The maximum Gasteiger partial charge on any atom is 0.128 e. The van der Waals surface area contributed by atoms with Gasteiger partial charge in [-0.1, -0.05) is 23.7 Å². The Morgan fingerprint density at radius 3 is 2.62 bits per heavy atom. The Bertz CT molecular complexity index is 468. The first-order valence-corrected chi connectivity index (χ1v) is 5.32. The summed E-state index contributed by atoms with van der Waals surface area (Å²) in [6.07, 6.45) is 1.68. The molecule has 2 aromatic rings. The molecule has 1 aromatic heterocycles. The Hall–Kier alpha value is -1.74. The van der Waals surface area contributed by atoms with Crippen molar-refractivity contribution in [3.63, 3.8) is 0 Å². The van der Waals surface area contributed by atoms with Crippen LogP contribution in [0.15, 0.2) is 42.6 Å². The summed E-state index contributed by atoms with van der Waals surface area (Å²) in [5.74, 6) is 0.773. The molecule has 0 fully saturated rings. The van der Waals surface area contributed by atoms with E-state index in [4.69, 9.17) is 17.3 Å². The lowest BCUT2D eigenvalue weighted by molar-refractivity contribution is 1.11. The Balaban J connectivity index is 1.99. The van der Waals surface area contributed by atoms with Crippen LogP contribution in [0.25, 0.3) is 0 Å². The number of nitrogens with one attached hydrogen (secondary N) is 1. The molecule has 1 heterocycles. The molecule has 82 valence electrons. The number of nitrogens with zero attached hydrogens (tertiary/aromatic N) is 1. The topological polar surface area (TPSA) is 50.9 Å². The molecule has 0 aliphatic rings. The number of nitrogens with two attached hydrogens (primary N) is 1. The Labute approximate surface area is 99.3 Å². The van der Waals surface area contributed by atoms with Gasteiger partial charge in [0.05, 0.1) is 0 Å². The van der Waals surface area contributed by atoms with Crippen molar-refractivity contribution < 1.29 is 0 Å². The van der Waals surface area contributed by atoms with E-state index in [0.29, 0.717) is 12.2 Å². The molecule has 4 heteroatoms. The molecule has 0 bridgehead atoms. The van der Waals surface area contributed by atoms with Crippen molar-refractivity contribution >= 4 is 23.1 Å². The summed E-state index contributed by atoms with van der Waals surface area (Å²) in [6.45, 7) is 0.702. The smallest absolute Gasteiger partial charge is 0.128 e. The number of rotatable bonds is 3. The summed E-state index contributed by atoms with van der Waals surface area (Å²) in [7, 11) is 0. The first-order valence-electron chi connectivity index (χ1n) is 4.94. The van der Waals surface area contributed by atoms with E-state index in [1.54, 1.807) is 18.3 Å². The number of halogens is 1. The van der Waals surface area contributed by atoms with Gasteiger partial charge in [-0.25, -0.2) is 4.98 Å². The van der Waals surface area contributed by atoms with Gasteiger partial charge in [0.15, 0.2) is 0 Å². The molecule has 3 nitrogen and oxygen atoms in total. The van der Waals surface area contributed by atoms with Crippen LogP contribution in [0.5, 0.6) is 0 Å². The summed E-state index contributed by atoms with van der Waals surface area (Å²) in [5, 5.41) is 3.93. The second-order valence-electron chi connectivity index (χ2n) is 3.45. The minimum absolute atomic E-state index is 0.702. The fourth-order valence-electron chi connectivity index (χ4n) is 1.34. The van der Waals surface area contributed by atoms with E-state index in [9.17, 15) is 0 Å². The largest absolute Gasteiger partial charge is 0.399 e. The van der Waals surface area contributed by atoms with E-state index < -0.39 is 0 Å². The van der Waals surface area contributed by atoms with Gasteiger partial charge >= 0.3 is 0 Å². The van der Waals surface area contributed by atoms with Gasteiger partial charge in [0, 0.05) is 29.5 Å². The quantitative estimate of drug-likeness (QED) is 0.857. The molecule has 3 N–H and O–H groups in total. The highest BCUT2D eigenvalue weighted by Crippen LogP contribution is 2.12. The zero-order chi connectivity index (χ0) is 11.4. The average Bonchev–Trinajstić information content (AvgIpc) is 2.28. The average molecular weight is 234 g/mol. The molecular weight excluding hydrogens is 222 g/mol. The molecule has 2 rings (SSSR count). The normalized spacial score (nSPS) is 10.1. The van der Waals surface area contributed by atoms with Crippen LogP contribution < -0.4 is 11.1 Å². The zero-order valence-electron chi connectivity index (χ0n) is 8.65. The number of anilines is 2. The SMILES string of the molecule is Nc1ccnc(NCc2ccc(Cl)cc2)c1. The minimum Gasteiger partial charge on any atom is -0.399 e.